The number of nitrogens with one attached hydrogen (secondary N) is 1. The minimum absolute atomic E-state index is 0.126. The Balaban J connectivity index is 1.34. The summed E-state index contributed by atoms with van der Waals surface area (Å²) in [6, 6.07) is 38.0. The molecule has 1 aliphatic heterocycles. The minimum Gasteiger partial charge on any atom is -0.267 e. The van der Waals surface area contributed by atoms with Gasteiger partial charge in [0.15, 0.2) is 0 Å². The largest absolute Gasteiger partial charge is 0.271 e. The first-order valence-corrected chi connectivity index (χ1v) is 11.2. The van der Waals surface area contributed by atoms with Gasteiger partial charge in [0.2, 0.25) is 0 Å². The Morgan fingerprint density at radius 3 is 2.12 bits per heavy atom. The molecule has 1 unspecified atom stereocenters. The number of carbonyl (C=O) groups excluding carboxylic acids is 1. The topological polar surface area (TPSA) is 57.1 Å². The number of amides is 1. The molecule has 1 heterocycles. The molecule has 0 fully saturated rings. The number of anilines is 1. The Bertz CT molecular complexity index is 1300. The number of carbonyl (C=O) groups is 1. The average molecular weight is 445 g/mol. The van der Waals surface area contributed by atoms with Crippen LogP contribution in [0.3, 0.4) is 0 Å². The molecule has 0 bridgehead atoms. The molecule has 1 N–H and O–H groups in total. The molecule has 0 radical (unpaired) electrons. The molecule has 0 aromatic heterocycles. The van der Waals surface area contributed by atoms with Gasteiger partial charge in [-0.15, -0.1) is 0 Å². The lowest BCUT2D eigenvalue weighted by Crippen LogP contribution is -2.18. The second-order valence-electron chi connectivity index (χ2n) is 8.04. The van der Waals surface area contributed by atoms with Crippen molar-refractivity contribution in [3.8, 4) is 0 Å². The zero-order valence-electron chi connectivity index (χ0n) is 18.6. The van der Waals surface area contributed by atoms with Crippen LogP contribution in [-0.2, 0) is 0 Å². The zero-order valence-corrected chi connectivity index (χ0v) is 18.6. The van der Waals surface area contributed by atoms with Crippen molar-refractivity contribution in [2.75, 3.05) is 5.01 Å². The number of rotatable bonds is 6. The van der Waals surface area contributed by atoms with E-state index in [1.165, 1.54) is 5.56 Å². The van der Waals surface area contributed by atoms with Gasteiger partial charge in [0, 0.05) is 12.0 Å². The predicted molar refractivity (Wildman–Crippen MR) is 137 cm³/mol. The van der Waals surface area contributed by atoms with E-state index in [9.17, 15) is 4.79 Å². The van der Waals surface area contributed by atoms with Crippen LogP contribution >= 0.6 is 0 Å². The normalized spacial score (nSPS) is 15.4. The number of hydrogen-bond acceptors (Lipinski definition) is 4. The van der Waals surface area contributed by atoms with E-state index in [4.69, 9.17) is 5.10 Å². The summed E-state index contributed by atoms with van der Waals surface area (Å²) < 4.78 is 0. The smallest absolute Gasteiger partial charge is 0.267 e. The van der Waals surface area contributed by atoms with Crippen LogP contribution in [0.15, 0.2) is 125 Å². The molecular formula is C29H24N4O. The molecule has 34 heavy (non-hydrogen) atoms. The van der Waals surface area contributed by atoms with Crippen molar-refractivity contribution in [3.63, 3.8) is 0 Å². The first-order chi connectivity index (χ1) is 16.8. The fraction of sp³-hybridized carbons (Fsp3) is 0.0690. The van der Waals surface area contributed by atoms with E-state index in [0.717, 1.165) is 28.9 Å². The number of hydrogen-bond donors (Lipinski definition) is 1. The maximum atomic E-state index is 12.1. The van der Waals surface area contributed by atoms with Crippen molar-refractivity contribution in [1.82, 2.24) is 5.43 Å². The van der Waals surface area contributed by atoms with Crippen molar-refractivity contribution in [2.45, 2.75) is 12.5 Å². The third-order valence-electron chi connectivity index (χ3n) is 5.78. The molecule has 0 saturated carbocycles. The SMILES string of the molecule is O=C(N/N=C/c1ccc(N2N=C(c3ccccc3)CC2c2ccccc2)cc1)c1ccccc1. The van der Waals surface area contributed by atoms with Gasteiger partial charge in [-0.2, -0.15) is 10.2 Å². The Morgan fingerprint density at radius 2 is 1.44 bits per heavy atom. The van der Waals surface area contributed by atoms with Crippen LogP contribution in [-0.4, -0.2) is 17.8 Å². The summed E-state index contributed by atoms with van der Waals surface area (Å²) in [7, 11) is 0. The van der Waals surface area contributed by atoms with E-state index in [-0.39, 0.29) is 11.9 Å². The van der Waals surface area contributed by atoms with E-state index < -0.39 is 0 Å². The van der Waals surface area contributed by atoms with E-state index in [2.05, 4.69) is 51.9 Å². The van der Waals surface area contributed by atoms with E-state index >= 15 is 0 Å². The van der Waals surface area contributed by atoms with E-state index in [1.54, 1.807) is 18.3 Å². The summed E-state index contributed by atoms with van der Waals surface area (Å²) in [6.45, 7) is 0. The lowest BCUT2D eigenvalue weighted by molar-refractivity contribution is 0.0955. The van der Waals surface area contributed by atoms with E-state index in [0.29, 0.717) is 5.56 Å². The lowest BCUT2D eigenvalue weighted by Gasteiger charge is -2.24. The Hall–Kier alpha value is -4.51. The van der Waals surface area contributed by atoms with Crippen molar-refractivity contribution in [3.05, 3.63) is 138 Å². The van der Waals surface area contributed by atoms with Crippen LogP contribution in [0.5, 0.6) is 0 Å². The van der Waals surface area contributed by atoms with Crippen molar-refractivity contribution < 1.29 is 4.79 Å². The second-order valence-corrected chi connectivity index (χ2v) is 8.04. The Labute approximate surface area is 199 Å². The fourth-order valence-electron chi connectivity index (χ4n) is 4.02. The molecule has 5 heteroatoms. The van der Waals surface area contributed by atoms with Gasteiger partial charge in [0.1, 0.15) is 0 Å². The summed E-state index contributed by atoms with van der Waals surface area (Å²) >= 11 is 0. The van der Waals surface area contributed by atoms with Crippen LogP contribution in [0.25, 0.3) is 0 Å². The van der Waals surface area contributed by atoms with Gasteiger partial charge in [0.05, 0.1) is 23.7 Å². The highest BCUT2D eigenvalue weighted by Gasteiger charge is 2.29. The van der Waals surface area contributed by atoms with Crippen LogP contribution in [0.2, 0.25) is 0 Å². The average Bonchev–Trinajstić information content (AvgIpc) is 3.36. The van der Waals surface area contributed by atoms with Gasteiger partial charge < -0.3 is 0 Å². The standard InChI is InChI=1S/C29H24N4O/c34-29(25-14-8-3-9-15-25)31-30-21-22-16-18-26(19-17-22)33-28(24-12-6-2-7-13-24)20-27(32-33)23-10-4-1-5-11-23/h1-19,21,28H,20H2,(H,31,34)/b30-21+. The number of nitrogens with zero attached hydrogens (tertiary/aromatic N) is 3. The maximum Gasteiger partial charge on any atom is 0.271 e. The molecule has 166 valence electrons. The summed E-state index contributed by atoms with van der Waals surface area (Å²) in [5.74, 6) is -0.237. The molecule has 1 amide bonds. The predicted octanol–water partition coefficient (Wildman–Crippen LogP) is 5.81. The Kier molecular flexibility index (Phi) is 6.25. The molecule has 5 nitrogen and oxygen atoms in total. The third kappa shape index (κ3) is 4.79. The molecule has 0 spiro atoms. The quantitative estimate of drug-likeness (QED) is 0.302. The van der Waals surface area contributed by atoms with Crippen molar-refractivity contribution in [2.24, 2.45) is 10.2 Å². The van der Waals surface area contributed by atoms with Crippen molar-refractivity contribution in [1.29, 1.82) is 0 Å². The van der Waals surface area contributed by atoms with Crippen LogP contribution in [0.4, 0.5) is 5.69 Å². The third-order valence-corrected chi connectivity index (χ3v) is 5.78. The monoisotopic (exact) mass is 444 g/mol. The molecule has 5 rings (SSSR count). The van der Waals surface area contributed by atoms with Gasteiger partial charge >= 0.3 is 0 Å². The minimum atomic E-state index is -0.237. The van der Waals surface area contributed by atoms with Crippen molar-refractivity contribution >= 4 is 23.5 Å². The van der Waals surface area contributed by atoms with Gasteiger partial charge in [-0.3, -0.25) is 9.80 Å². The second kappa shape index (κ2) is 9.96. The summed E-state index contributed by atoms with van der Waals surface area (Å²) in [4.78, 5) is 12.1. The highest BCUT2D eigenvalue weighted by Crippen LogP contribution is 2.36. The lowest BCUT2D eigenvalue weighted by atomic mass is 9.98. The zero-order chi connectivity index (χ0) is 23.2. The van der Waals surface area contributed by atoms with Crippen LogP contribution < -0.4 is 10.4 Å². The highest BCUT2D eigenvalue weighted by atomic mass is 16.2. The summed E-state index contributed by atoms with van der Waals surface area (Å²) in [5.41, 5.74) is 8.48. The molecule has 0 saturated heterocycles. The number of benzene rings is 4. The maximum absolute atomic E-state index is 12.1. The van der Waals surface area contributed by atoms with Gasteiger partial charge in [0.25, 0.3) is 5.91 Å². The molecular weight excluding hydrogens is 420 g/mol. The molecule has 0 aliphatic carbocycles. The number of hydrazone groups is 2. The summed E-state index contributed by atoms with van der Waals surface area (Å²) in [5, 5.41) is 11.2. The molecule has 4 aromatic carbocycles. The van der Waals surface area contributed by atoms with Gasteiger partial charge in [-0.25, -0.2) is 5.43 Å². The summed E-state index contributed by atoms with van der Waals surface area (Å²) in [6.07, 6.45) is 2.48. The van der Waals surface area contributed by atoms with E-state index in [1.807, 2.05) is 66.7 Å². The van der Waals surface area contributed by atoms with Gasteiger partial charge in [-0.1, -0.05) is 91.0 Å². The van der Waals surface area contributed by atoms with Crippen LogP contribution in [0.1, 0.15) is 39.5 Å². The first kappa shape index (κ1) is 21.3. The molecule has 1 atom stereocenters. The fourth-order valence-corrected chi connectivity index (χ4v) is 4.02. The highest BCUT2D eigenvalue weighted by molar-refractivity contribution is 6.03. The Morgan fingerprint density at radius 1 is 0.824 bits per heavy atom. The first-order valence-electron chi connectivity index (χ1n) is 11.2. The van der Waals surface area contributed by atoms with Gasteiger partial charge in [-0.05, 0) is 41.0 Å². The molecule has 4 aromatic rings. The molecule has 1 aliphatic rings. The van der Waals surface area contributed by atoms with Crippen LogP contribution in [0, 0.1) is 0 Å².